The standard InChI is InChI=1S/C12H18N2O/c1-5-14(3)12-8-6-11(7-9-12)10(2)13-15-4/h6-9H,5H2,1-4H3/b13-10+. The van der Waals surface area contributed by atoms with Crippen molar-refractivity contribution < 1.29 is 4.84 Å². The van der Waals surface area contributed by atoms with Crippen molar-refractivity contribution in [2.75, 3.05) is 25.6 Å². The van der Waals surface area contributed by atoms with E-state index in [9.17, 15) is 0 Å². The van der Waals surface area contributed by atoms with E-state index in [0.29, 0.717) is 0 Å². The summed E-state index contributed by atoms with van der Waals surface area (Å²) >= 11 is 0. The molecular weight excluding hydrogens is 188 g/mol. The molecule has 0 aliphatic carbocycles. The third-order valence-electron chi connectivity index (χ3n) is 2.43. The predicted molar refractivity (Wildman–Crippen MR) is 64.6 cm³/mol. The number of oxime groups is 1. The molecule has 0 aliphatic rings. The molecule has 0 saturated carbocycles. The molecule has 0 unspecified atom stereocenters. The zero-order chi connectivity index (χ0) is 11.3. The van der Waals surface area contributed by atoms with E-state index < -0.39 is 0 Å². The predicted octanol–water partition coefficient (Wildman–Crippen LogP) is 2.51. The van der Waals surface area contributed by atoms with Crippen LogP contribution in [0.3, 0.4) is 0 Å². The first-order valence-electron chi connectivity index (χ1n) is 5.08. The Balaban J connectivity index is 2.85. The number of benzene rings is 1. The first-order chi connectivity index (χ1) is 7.19. The van der Waals surface area contributed by atoms with E-state index >= 15 is 0 Å². The Kier molecular flexibility index (Phi) is 4.16. The van der Waals surface area contributed by atoms with E-state index in [-0.39, 0.29) is 0 Å². The van der Waals surface area contributed by atoms with Gasteiger partial charge in [-0.2, -0.15) is 0 Å². The number of hydrogen-bond acceptors (Lipinski definition) is 3. The van der Waals surface area contributed by atoms with Crippen LogP contribution in [0.25, 0.3) is 0 Å². The lowest BCUT2D eigenvalue weighted by Crippen LogP contribution is -2.15. The summed E-state index contributed by atoms with van der Waals surface area (Å²) in [6.07, 6.45) is 0. The minimum atomic E-state index is 0.892. The highest BCUT2D eigenvalue weighted by Crippen LogP contribution is 2.13. The molecule has 0 saturated heterocycles. The third-order valence-corrected chi connectivity index (χ3v) is 2.43. The van der Waals surface area contributed by atoms with Crippen LogP contribution in [-0.2, 0) is 4.84 Å². The summed E-state index contributed by atoms with van der Waals surface area (Å²) in [5.74, 6) is 0. The smallest absolute Gasteiger partial charge is 0.106 e. The van der Waals surface area contributed by atoms with Gasteiger partial charge in [-0.15, -0.1) is 0 Å². The normalized spacial score (nSPS) is 11.3. The lowest BCUT2D eigenvalue weighted by atomic mass is 10.1. The zero-order valence-electron chi connectivity index (χ0n) is 9.82. The van der Waals surface area contributed by atoms with Gasteiger partial charge in [0, 0.05) is 19.3 Å². The fraction of sp³-hybridized carbons (Fsp3) is 0.417. The quantitative estimate of drug-likeness (QED) is 0.558. The molecule has 0 spiro atoms. The summed E-state index contributed by atoms with van der Waals surface area (Å²) in [5, 5.41) is 3.89. The molecule has 15 heavy (non-hydrogen) atoms. The summed E-state index contributed by atoms with van der Waals surface area (Å²) in [4.78, 5) is 6.92. The fourth-order valence-electron chi connectivity index (χ4n) is 1.33. The Hall–Kier alpha value is -1.51. The summed E-state index contributed by atoms with van der Waals surface area (Å²) in [5.41, 5.74) is 3.19. The highest BCUT2D eigenvalue weighted by molar-refractivity contribution is 5.98. The van der Waals surface area contributed by atoms with Crippen molar-refractivity contribution in [3.05, 3.63) is 29.8 Å². The van der Waals surface area contributed by atoms with Crippen molar-refractivity contribution in [3.8, 4) is 0 Å². The van der Waals surface area contributed by atoms with Crippen molar-refractivity contribution in [1.82, 2.24) is 0 Å². The second-order valence-corrected chi connectivity index (χ2v) is 3.42. The van der Waals surface area contributed by atoms with E-state index in [1.807, 2.05) is 6.92 Å². The minimum Gasteiger partial charge on any atom is -0.399 e. The monoisotopic (exact) mass is 206 g/mol. The highest BCUT2D eigenvalue weighted by Gasteiger charge is 2.00. The van der Waals surface area contributed by atoms with Crippen LogP contribution in [0.1, 0.15) is 19.4 Å². The van der Waals surface area contributed by atoms with Crippen molar-refractivity contribution in [2.45, 2.75) is 13.8 Å². The van der Waals surface area contributed by atoms with Crippen LogP contribution in [0.2, 0.25) is 0 Å². The van der Waals surface area contributed by atoms with Gasteiger partial charge in [0.25, 0.3) is 0 Å². The third kappa shape index (κ3) is 2.98. The Bertz CT molecular complexity index is 330. The van der Waals surface area contributed by atoms with Crippen LogP contribution in [0.5, 0.6) is 0 Å². The van der Waals surface area contributed by atoms with Crippen molar-refractivity contribution in [2.24, 2.45) is 5.16 Å². The lowest BCUT2D eigenvalue weighted by molar-refractivity contribution is 0.213. The Labute approximate surface area is 91.3 Å². The molecule has 0 aromatic heterocycles. The highest BCUT2D eigenvalue weighted by atomic mass is 16.6. The van der Waals surface area contributed by atoms with Crippen LogP contribution in [-0.4, -0.2) is 26.4 Å². The number of rotatable bonds is 4. The maximum absolute atomic E-state index is 4.73. The maximum Gasteiger partial charge on any atom is 0.106 e. The molecular formula is C12H18N2O. The molecule has 1 rings (SSSR count). The molecule has 3 heteroatoms. The van der Waals surface area contributed by atoms with E-state index in [1.54, 1.807) is 7.11 Å². The van der Waals surface area contributed by atoms with Crippen molar-refractivity contribution in [1.29, 1.82) is 0 Å². The molecule has 0 radical (unpaired) electrons. The van der Waals surface area contributed by atoms with Gasteiger partial charge in [0.1, 0.15) is 7.11 Å². The van der Waals surface area contributed by atoms with Crippen LogP contribution < -0.4 is 4.90 Å². The maximum atomic E-state index is 4.73. The van der Waals surface area contributed by atoms with E-state index in [1.165, 1.54) is 5.69 Å². The largest absolute Gasteiger partial charge is 0.399 e. The second-order valence-electron chi connectivity index (χ2n) is 3.42. The van der Waals surface area contributed by atoms with Gasteiger partial charge >= 0.3 is 0 Å². The Morgan fingerprint density at radius 2 is 1.93 bits per heavy atom. The summed E-state index contributed by atoms with van der Waals surface area (Å²) in [6.45, 7) is 5.07. The minimum absolute atomic E-state index is 0.892. The molecule has 0 atom stereocenters. The SMILES string of the molecule is CCN(C)c1ccc(/C(C)=N/OC)cc1. The van der Waals surface area contributed by atoms with Crippen molar-refractivity contribution in [3.63, 3.8) is 0 Å². The summed E-state index contributed by atoms with van der Waals surface area (Å²) in [6, 6.07) is 8.29. The summed E-state index contributed by atoms with van der Waals surface area (Å²) in [7, 11) is 3.63. The second kappa shape index (κ2) is 5.39. The molecule has 1 aromatic carbocycles. The average Bonchev–Trinajstić information content (AvgIpc) is 2.28. The van der Waals surface area contributed by atoms with Gasteiger partial charge in [0.2, 0.25) is 0 Å². The number of nitrogens with zero attached hydrogens (tertiary/aromatic N) is 2. The molecule has 3 nitrogen and oxygen atoms in total. The molecule has 82 valence electrons. The molecule has 0 aliphatic heterocycles. The topological polar surface area (TPSA) is 24.8 Å². The molecule has 1 aromatic rings. The van der Waals surface area contributed by atoms with Gasteiger partial charge < -0.3 is 9.74 Å². The molecule has 0 N–H and O–H groups in total. The van der Waals surface area contributed by atoms with Crippen LogP contribution in [0, 0.1) is 0 Å². The lowest BCUT2D eigenvalue weighted by Gasteiger charge is -2.16. The van der Waals surface area contributed by atoms with Gasteiger partial charge in [-0.25, -0.2) is 0 Å². The Morgan fingerprint density at radius 1 is 1.33 bits per heavy atom. The first kappa shape index (κ1) is 11.6. The number of hydrogen-bond donors (Lipinski definition) is 0. The van der Waals surface area contributed by atoms with Crippen LogP contribution in [0.15, 0.2) is 29.4 Å². The zero-order valence-corrected chi connectivity index (χ0v) is 9.82. The van der Waals surface area contributed by atoms with E-state index in [2.05, 4.69) is 48.3 Å². The molecule has 0 fully saturated rings. The Morgan fingerprint density at radius 3 is 2.40 bits per heavy atom. The van der Waals surface area contributed by atoms with E-state index in [0.717, 1.165) is 17.8 Å². The molecule has 0 amide bonds. The average molecular weight is 206 g/mol. The van der Waals surface area contributed by atoms with Gasteiger partial charge in [0.15, 0.2) is 0 Å². The van der Waals surface area contributed by atoms with Crippen molar-refractivity contribution >= 4 is 11.4 Å². The van der Waals surface area contributed by atoms with Crippen LogP contribution in [0.4, 0.5) is 5.69 Å². The first-order valence-corrected chi connectivity index (χ1v) is 5.08. The molecule has 0 bridgehead atoms. The fourth-order valence-corrected chi connectivity index (χ4v) is 1.33. The van der Waals surface area contributed by atoms with Gasteiger partial charge in [0.05, 0.1) is 5.71 Å². The van der Waals surface area contributed by atoms with E-state index in [4.69, 9.17) is 4.84 Å². The number of anilines is 1. The van der Waals surface area contributed by atoms with Crippen LogP contribution >= 0.6 is 0 Å². The summed E-state index contributed by atoms with van der Waals surface area (Å²) < 4.78 is 0. The van der Waals surface area contributed by atoms with Gasteiger partial charge in [-0.3, -0.25) is 0 Å². The molecule has 0 heterocycles. The van der Waals surface area contributed by atoms with Gasteiger partial charge in [-0.05, 0) is 31.5 Å². The van der Waals surface area contributed by atoms with Gasteiger partial charge in [-0.1, -0.05) is 17.3 Å².